The topological polar surface area (TPSA) is 116 Å². The zero-order chi connectivity index (χ0) is 17.9. The van der Waals surface area contributed by atoms with Crippen molar-refractivity contribution in [1.82, 2.24) is 25.3 Å². The van der Waals surface area contributed by atoms with Crippen LogP contribution in [-0.2, 0) is 16.1 Å². The van der Waals surface area contributed by atoms with Gasteiger partial charge < -0.3 is 24.9 Å². The van der Waals surface area contributed by atoms with Crippen LogP contribution < -0.4 is 15.9 Å². The van der Waals surface area contributed by atoms with Crippen LogP contribution >= 0.6 is 0 Å². The van der Waals surface area contributed by atoms with E-state index >= 15 is 0 Å². The van der Waals surface area contributed by atoms with E-state index in [1.807, 2.05) is 17.0 Å². The number of rotatable bonds is 4. The van der Waals surface area contributed by atoms with E-state index in [-0.39, 0.29) is 11.6 Å². The highest BCUT2D eigenvalue weighted by atomic mass is 16.5. The molecule has 1 fully saturated rings. The summed E-state index contributed by atoms with van der Waals surface area (Å²) in [6.07, 6.45) is 2.77. The molecule has 1 saturated heterocycles. The number of ether oxygens (including phenoxy) is 1. The number of morpholine rings is 1. The number of nitrogens with one attached hydrogen (secondary N) is 3. The van der Waals surface area contributed by atoms with Crippen LogP contribution in [0.2, 0.25) is 0 Å². The molecule has 3 aromatic rings. The second-order valence-electron chi connectivity index (χ2n) is 6.03. The fourth-order valence-corrected chi connectivity index (χ4v) is 2.94. The van der Waals surface area contributed by atoms with Gasteiger partial charge in [0.15, 0.2) is 6.10 Å². The summed E-state index contributed by atoms with van der Waals surface area (Å²) in [5, 5.41) is 2.88. The van der Waals surface area contributed by atoms with Gasteiger partial charge >= 0.3 is 5.69 Å². The molecule has 0 aliphatic carbocycles. The van der Waals surface area contributed by atoms with Crippen LogP contribution in [0.4, 0.5) is 5.95 Å². The molecule has 0 radical (unpaired) electrons. The van der Waals surface area contributed by atoms with E-state index in [1.165, 1.54) is 0 Å². The van der Waals surface area contributed by atoms with E-state index in [2.05, 4.69) is 25.3 Å². The number of aromatic amines is 2. The molecule has 9 nitrogen and oxygen atoms in total. The molecular weight excluding hydrogens is 336 g/mol. The Morgan fingerprint density at radius 2 is 2.08 bits per heavy atom. The number of hydrogen-bond acceptors (Lipinski definition) is 6. The number of carbonyl (C=O) groups excluding carboxylic acids is 1. The summed E-state index contributed by atoms with van der Waals surface area (Å²) in [4.78, 5) is 39.5. The predicted molar refractivity (Wildman–Crippen MR) is 94.8 cm³/mol. The molecule has 0 unspecified atom stereocenters. The molecule has 26 heavy (non-hydrogen) atoms. The molecule has 0 saturated carbocycles. The Morgan fingerprint density at radius 3 is 2.92 bits per heavy atom. The van der Waals surface area contributed by atoms with Crippen LogP contribution in [0.1, 0.15) is 5.56 Å². The molecule has 1 aromatic carbocycles. The van der Waals surface area contributed by atoms with Gasteiger partial charge in [0.05, 0.1) is 24.2 Å². The summed E-state index contributed by atoms with van der Waals surface area (Å²) in [5.74, 6) is 0.406. The third-order valence-electron chi connectivity index (χ3n) is 4.24. The van der Waals surface area contributed by atoms with Gasteiger partial charge in [0.2, 0.25) is 5.95 Å². The van der Waals surface area contributed by atoms with Gasteiger partial charge in [0.25, 0.3) is 5.91 Å². The zero-order valence-electron chi connectivity index (χ0n) is 13.9. The van der Waals surface area contributed by atoms with Crippen molar-refractivity contribution in [2.75, 3.05) is 24.6 Å². The molecule has 0 spiro atoms. The Kier molecular flexibility index (Phi) is 4.36. The third-order valence-corrected chi connectivity index (χ3v) is 4.24. The van der Waals surface area contributed by atoms with Crippen molar-refractivity contribution >= 4 is 22.9 Å². The number of benzene rings is 1. The maximum absolute atomic E-state index is 12.4. The molecule has 1 amide bonds. The van der Waals surface area contributed by atoms with E-state index in [1.54, 1.807) is 24.5 Å². The maximum atomic E-state index is 12.4. The van der Waals surface area contributed by atoms with Gasteiger partial charge in [-0.3, -0.25) is 4.79 Å². The lowest BCUT2D eigenvalue weighted by atomic mass is 10.2. The largest absolute Gasteiger partial charge is 0.365 e. The maximum Gasteiger partial charge on any atom is 0.323 e. The number of aromatic nitrogens is 4. The summed E-state index contributed by atoms with van der Waals surface area (Å²) in [7, 11) is 0. The lowest BCUT2D eigenvalue weighted by Gasteiger charge is -2.32. The molecule has 2 aromatic heterocycles. The third kappa shape index (κ3) is 3.42. The highest BCUT2D eigenvalue weighted by Gasteiger charge is 2.27. The lowest BCUT2D eigenvalue weighted by molar-refractivity contribution is -0.133. The van der Waals surface area contributed by atoms with Crippen LogP contribution in [0.25, 0.3) is 11.0 Å². The van der Waals surface area contributed by atoms with Crippen LogP contribution in [-0.4, -0.2) is 51.6 Å². The molecule has 0 bridgehead atoms. The second-order valence-corrected chi connectivity index (χ2v) is 6.03. The van der Waals surface area contributed by atoms with Gasteiger partial charge in [-0.2, -0.15) is 0 Å². The number of imidazole rings is 1. The van der Waals surface area contributed by atoms with Crippen LogP contribution in [0.3, 0.4) is 0 Å². The Bertz CT molecular complexity index is 967. The highest BCUT2D eigenvalue weighted by Crippen LogP contribution is 2.13. The van der Waals surface area contributed by atoms with Crippen molar-refractivity contribution in [3.05, 3.63) is 52.7 Å². The van der Waals surface area contributed by atoms with Gasteiger partial charge in [0.1, 0.15) is 0 Å². The molecule has 134 valence electrons. The van der Waals surface area contributed by atoms with Crippen LogP contribution in [0, 0.1) is 0 Å². The fourth-order valence-electron chi connectivity index (χ4n) is 2.94. The van der Waals surface area contributed by atoms with Crippen molar-refractivity contribution in [3.8, 4) is 0 Å². The summed E-state index contributed by atoms with van der Waals surface area (Å²) in [6, 6.07) is 7.25. The lowest BCUT2D eigenvalue weighted by Crippen LogP contribution is -2.50. The van der Waals surface area contributed by atoms with Crippen molar-refractivity contribution in [3.63, 3.8) is 0 Å². The number of anilines is 1. The first kappa shape index (κ1) is 16.3. The summed E-state index contributed by atoms with van der Waals surface area (Å²) in [5.41, 5.74) is 2.09. The Balaban J connectivity index is 1.38. The normalized spacial score (nSPS) is 17.4. The van der Waals surface area contributed by atoms with Crippen molar-refractivity contribution in [2.45, 2.75) is 12.6 Å². The monoisotopic (exact) mass is 354 g/mol. The minimum atomic E-state index is -0.580. The van der Waals surface area contributed by atoms with E-state index < -0.39 is 6.10 Å². The van der Waals surface area contributed by atoms with Crippen molar-refractivity contribution < 1.29 is 9.53 Å². The van der Waals surface area contributed by atoms with Gasteiger partial charge in [-0.25, -0.2) is 14.8 Å². The quantitative estimate of drug-likeness (QED) is 0.615. The standard InChI is InChI=1S/C17H18N6O3/c24-15(14-10-23(6-7-26-14)16-18-4-1-5-19-16)20-9-11-2-3-12-13(8-11)22-17(25)21-12/h1-5,8,14H,6-7,9-10H2,(H,20,24)(H2,21,22,25)/t14-/m1/s1. The molecular formula is C17H18N6O3. The first-order valence-corrected chi connectivity index (χ1v) is 8.31. The van der Waals surface area contributed by atoms with E-state index in [9.17, 15) is 9.59 Å². The number of amides is 1. The molecule has 4 rings (SSSR count). The molecule has 1 aliphatic heterocycles. The summed E-state index contributed by atoms with van der Waals surface area (Å²) >= 11 is 0. The van der Waals surface area contributed by atoms with E-state index in [0.29, 0.717) is 37.7 Å². The molecule has 3 heterocycles. The van der Waals surface area contributed by atoms with Gasteiger partial charge in [-0.1, -0.05) is 6.07 Å². The van der Waals surface area contributed by atoms with Gasteiger partial charge in [-0.15, -0.1) is 0 Å². The average Bonchev–Trinajstić information content (AvgIpc) is 3.06. The minimum absolute atomic E-state index is 0.187. The zero-order valence-corrected chi connectivity index (χ0v) is 13.9. The number of fused-ring (bicyclic) bond motifs is 1. The van der Waals surface area contributed by atoms with Gasteiger partial charge in [-0.05, 0) is 23.8 Å². The highest BCUT2D eigenvalue weighted by molar-refractivity contribution is 5.82. The Hall–Kier alpha value is -3.20. The van der Waals surface area contributed by atoms with Crippen LogP contribution in [0.5, 0.6) is 0 Å². The molecule has 1 atom stereocenters. The summed E-state index contributed by atoms with van der Waals surface area (Å²) < 4.78 is 5.59. The molecule has 9 heteroatoms. The fraction of sp³-hybridized carbons (Fsp3) is 0.294. The van der Waals surface area contributed by atoms with E-state index in [0.717, 1.165) is 11.1 Å². The number of hydrogen-bond donors (Lipinski definition) is 3. The van der Waals surface area contributed by atoms with Crippen LogP contribution in [0.15, 0.2) is 41.5 Å². The first-order valence-electron chi connectivity index (χ1n) is 8.31. The summed E-state index contributed by atoms with van der Waals surface area (Å²) in [6.45, 7) is 1.84. The first-order chi connectivity index (χ1) is 12.7. The predicted octanol–water partition coefficient (Wildman–Crippen LogP) is 0.168. The SMILES string of the molecule is O=C(NCc1ccc2[nH]c(=O)[nH]c2c1)[C@H]1CN(c2ncccn2)CCO1. The second kappa shape index (κ2) is 6.96. The van der Waals surface area contributed by atoms with Crippen molar-refractivity contribution in [1.29, 1.82) is 0 Å². The number of H-pyrrole nitrogens is 2. The van der Waals surface area contributed by atoms with Crippen molar-refractivity contribution in [2.24, 2.45) is 0 Å². The Labute approximate surface area is 148 Å². The molecule has 1 aliphatic rings. The smallest absolute Gasteiger partial charge is 0.323 e. The van der Waals surface area contributed by atoms with E-state index in [4.69, 9.17) is 4.74 Å². The Morgan fingerprint density at radius 1 is 1.27 bits per heavy atom. The van der Waals surface area contributed by atoms with Gasteiger partial charge in [0, 0.05) is 25.5 Å². The molecule has 3 N–H and O–H groups in total. The average molecular weight is 354 g/mol. The minimum Gasteiger partial charge on any atom is -0.365 e. The number of nitrogens with zero attached hydrogens (tertiary/aromatic N) is 3. The number of carbonyl (C=O) groups is 1.